The average molecular weight is 202 g/mol. The van der Waals surface area contributed by atoms with Gasteiger partial charge >= 0.3 is 0 Å². The highest BCUT2D eigenvalue weighted by Gasteiger charge is 2.03. The van der Waals surface area contributed by atoms with Gasteiger partial charge in [-0.1, -0.05) is 18.2 Å². The van der Waals surface area contributed by atoms with E-state index in [-0.39, 0.29) is 5.56 Å². The summed E-state index contributed by atoms with van der Waals surface area (Å²) in [6.45, 7) is 2.49. The van der Waals surface area contributed by atoms with Crippen LogP contribution < -0.4 is 11.3 Å². The zero-order valence-electron chi connectivity index (χ0n) is 8.71. The van der Waals surface area contributed by atoms with Crippen molar-refractivity contribution in [3.63, 3.8) is 0 Å². The van der Waals surface area contributed by atoms with E-state index in [1.165, 1.54) is 0 Å². The van der Waals surface area contributed by atoms with Crippen molar-refractivity contribution in [1.82, 2.24) is 4.98 Å². The topological polar surface area (TPSA) is 58.9 Å². The second-order valence-electron chi connectivity index (χ2n) is 3.70. The van der Waals surface area contributed by atoms with Gasteiger partial charge in [0.15, 0.2) is 0 Å². The number of hydrogen-bond acceptors (Lipinski definition) is 2. The Morgan fingerprint density at radius 3 is 2.93 bits per heavy atom. The summed E-state index contributed by atoms with van der Waals surface area (Å²) >= 11 is 0. The zero-order valence-corrected chi connectivity index (χ0v) is 8.71. The van der Waals surface area contributed by atoms with Crippen LogP contribution in [0.4, 0.5) is 0 Å². The Balaban J connectivity index is 2.71. The Kier molecular flexibility index (Phi) is 2.56. The molecule has 15 heavy (non-hydrogen) atoms. The molecule has 1 heterocycles. The van der Waals surface area contributed by atoms with Crippen LogP contribution >= 0.6 is 0 Å². The highest BCUT2D eigenvalue weighted by atomic mass is 16.1. The molecule has 0 saturated carbocycles. The fourth-order valence-corrected chi connectivity index (χ4v) is 1.77. The van der Waals surface area contributed by atoms with Gasteiger partial charge in [0, 0.05) is 5.56 Å². The van der Waals surface area contributed by atoms with E-state index in [9.17, 15) is 4.79 Å². The molecular formula is C12H14N2O. The summed E-state index contributed by atoms with van der Waals surface area (Å²) in [5.74, 6) is 0. The van der Waals surface area contributed by atoms with Crippen LogP contribution in [0.5, 0.6) is 0 Å². The van der Waals surface area contributed by atoms with Gasteiger partial charge in [-0.25, -0.2) is 0 Å². The Labute approximate surface area is 87.9 Å². The molecule has 3 nitrogen and oxygen atoms in total. The molecule has 0 fully saturated rings. The summed E-state index contributed by atoms with van der Waals surface area (Å²) < 4.78 is 0. The number of aryl methyl sites for hydroxylation is 1. The van der Waals surface area contributed by atoms with Gasteiger partial charge in [0.1, 0.15) is 0 Å². The number of para-hydroxylation sites is 1. The SMILES string of the molecule is Cc1cccc2cc(CCN)c(=O)[nH]c12. The fourth-order valence-electron chi connectivity index (χ4n) is 1.77. The van der Waals surface area contributed by atoms with Crippen LogP contribution in [0.25, 0.3) is 10.9 Å². The van der Waals surface area contributed by atoms with Crippen LogP contribution in [0.2, 0.25) is 0 Å². The van der Waals surface area contributed by atoms with Crippen molar-refractivity contribution in [2.24, 2.45) is 5.73 Å². The number of benzene rings is 1. The summed E-state index contributed by atoms with van der Waals surface area (Å²) in [4.78, 5) is 14.6. The molecule has 0 aliphatic heterocycles. The quantitative estimate of drug-likeness (QED) is 0.772. The summed E-state index contributed by atoms with van der Waals surface area (Å²) in [6.07, 6.45) is 0.624. The maximum Gasteiger partial charge on any atom is 0.251 e. The van der Waals surface area contributed by atoms with Crippen LogP contribution in [0.1, 0.15) is 11.1 Å². The van der Waals surface area contributed by atoms with Crippen molar-refractivity contribution in [1.29, 1.82) is 0 Å². The Hall–Kier alpha value is -1.61. The van der Waals surface area contributed by atoms with Crippen LogP contribution in [0.3, 0.4) is 0 Å². The van der Waals surface area contributed by atoms with E-state index in [4.69, 9.17) is 5.73 Å². The van der Waals surface area contributed by atoms with E-state index in [1.54, 1.807) is 0 Å². The molecule has 0 amide bonds. The number of fused-ring (bicyclic) bond motifs is 1. The molecule has 78 valence electrons. The molecule has 0 aliphatic rings. The van der Waals surface area contributed by atoms with E-state index in [2.05, 4.69) is 4.98 Å². The standard InChI is InChI=1S/C12H14N2O/c1-8-3-2-4-9-7-10(5-6-13)12(15)14-11(8)9/h2-4,7H,5-6,13H2,1H3,(H,14,15). The average Bonchev–Trinajstić information content (AvgIpc) is 2.21. The molecular weight excluding hydrogens is 188 g/mol. The van der Waals surface area contributed by atoms with Gasteiger partial charge in [0.25, 0.3) is 5.56 Å². The number of nitrogens with two attached hydrogens (primary N) is 1. The second-order valence-corrected chi connectivity index (χ2v) is 3.70. The molecule has 0 spiro atoms. The Morgan fingerprint density at radius 2 is 2.20 bits per heavy atom. The number of nitrogens with one attached hydrogen (secondary N) is 1. The third-order valence-corrected chi connectivity index (χ3v) is 2.58. The van der Waals surface area contributed by atoms with Crippen molar-refractivity contribution in [3.8, 4) is 0 Å². The summed E-state index contributed by atoms with van der Waals surface area (Å²) in [6, 6.07) is 7.90. The molecule has 2 aromatic rings. The zero-order chi connectivity index (χ0) is 10.8. The summed E-state index contributed by atoms with van der Waals surface area (Å²) in [7, 11) is 0. The first-order valence-electron chi connectivity index (χ1n) is 5.04. The minimum Gasteiger partial charge on any atom is -0.330 e. The number of H-pyrrole nitrogens is 1. The molecule has 0 saturated heterocycles. The van der Waals surface area contributed by atoms with E-state index in [0.29, 0.717) is 13.0 Å². The molecule has 0 radical (unpaired) electrons. The first kappa shape index (κ1) is 9.93. The molecule has 2 rings (SSSR count). The molecule has 0 bridgehead atoms. The fraction of sp³-hybridized carbons (Fsp3) is 0.250. The van der Waals surface area contributed by atoms with E-state index in [1.807, 2.05) is 31.2 Å². The minimum atomic E-state index is -0.0257. The van der Waals surface area contributed by atoms with Crippen molar-refractivity contribution in [3.05, 3.63) is 45.7 Å². The normalized spacial score (nSPS) is 10.8. The molecule has 0 atom stereocenters. The first-order chi connectivity index (χ1) is 7.22. The number of pyridine rings is 1. The predicted molar refractivity (Wildman–Crippen MR) is 62.1 cm³/mol. The summed E-state index contributed by atoms with van der Waals surface area (Å²) in [5, 5.41) is 1.07. The molecule has 0 aliphatic carbocycles. The highest BCUT2D eigenvalue weighted by molar-refractivity contribution is 5.81. The van der Waals surface area contributed by atoms with E-state index < -0.39 is 0 Å². The Morgan fingerprint density at radius 1 is 1.40 bits per heavy atom. The van der Waals surface area contributed by atoms with Crippen LogP contribution in [-0.4, -0.2) is 11.5 Å². The number of aromatic amines is 1. The summed E-state index contributed by atoms with van der Waals surface area (Å²) in [5.41, 5.74) is 8.19. The first-order valence-corrected chi connectivity index (χ1v) is 5.04. The van der Waals surface area contributed by atoms with Gasteiger partial charge in [0.2, 0.25) is 0 Å². The number of aromatic nitrogens is 1. The van der Waals surface area contributed by atoms with Gasteiger partial charge < -0.3 is 10.7 Å². The van der Waals surface area contributed by atoms with E-state index >= 15 is 0 Å². The molecule has 1 aromatic carbocycles. The third kappa shape index (κ3) is 1.78. The smallest absolute Gasteiger partial charge is 0.251 e. The third-order valence-electron chi connectivity index (χ3n) is 2.58. The molecule has 3 N–H and O–H groups in total. The van der Waals surface area contributed by atoms with Crippen LogP contribution in [-0.2, 0) is 6.42 Å². The van der Waals surface area contributed by atoms with Crippen LogP contribution in [0, 0.1) is 6.92 Å². The lowest BCUT2D eigenvalue weighted by molar-refractivity contribution is 0.948. The van der Waals surface area contributed by atoms with Gasteiger partial charge in [-0.05, 0) is 36.9 Å². The van der Waals surface area contributed by atoms with Gasteiger partial charge in [-0.15, -0.1) is 0 Å². The molecule has 1 aromatic heterocycles. The Bertz CT molecular complexity index is 543. The highest BCUT2D eigenvalue weighted by Crippen LogP contribution is 2.14. The minimum absolute atomic E-state index is 0.0257. The second kappa shape index (κ2) is 3.87. The molecule has 0 unspecified atom stereocenters. The van der Waals surface area contributed by atoms with Gasteiger partial charge in [-0.2, -0.15) is 0 Å². The lowest BCUT2D eigenvalue weighted by Crippen LogP contribution is -2.16. The number of hydrogen-bond donors (Lipinski definition) is 2. The largest absolute Gasteiger partial charge is 0.330 e. The van der Waals surface area contributed by atoms with Crippen molar-refractivity contribution < 1.29 is 0 Å². The van der Waals surface area contributed by atoms with Crippen LogP contribution in [0.15, 0.2) is 29.1 Å². The van der Waals surface area contributed by atoms with Crippen molar-refractivity contribution >= 4 is 10.9 Å². The van der Waals surface area contributed by atoms with Gasteiger partial charge in [-0.3, -0.25) is 4.79 Å². The predicted octanol–water partition coefficient (Wildman–Crippen LogP) is 1.34. The lowest BCUT2D eigenvalue weighted by atomic mass is 10.1. The van der Waals surface area contributed by atoms with Crippen molar-refractivity contribution in [2.45, 2.75) is 13.3 Å². The monoisotopic (exact) mass is 202 g/mol. The van der Waals surface area contributed by atoms with Gasteiger partial charge in [0.05, 0.1) is 5.52 Å². The van der Waals surface area contributed by atoms with E-state index in [0.717, 1.165) is 22.0 Å². The number of rotatable bonds is 2. The van der Waals surface area contributed by atoms with Crippen molar-refractivity contribution in [2.75, 3.05) is 6.54 Å². The molecule has 3 heteroatoms. The maximum absolute atomic E-state index is 11.7. The lowest BCUT2D eigenvalue weighted by Gasteiger charge is -2.04. The maximum atomic E-state index is 11.7.